The second kappa shape index (κ2) is 14.3. The minimum Gasteiger partial charge on any atom is -0.497 e. The molecule has 2 saturated heterocycles. The van der Waals surface area contributed by atoms with Crippen molar-refractivity contribution < 1.29 is 32.9 Å². The zero-order valence-electron chi connectivity index (χ0n) is 24.8. The van der Waals surface area contributed by atoms with E-state index >= 15 is 0 Å². The van der Waals surface area contributed by atoms with E-state index in [2.05, 4.69) is 10.2 Å². The molecular weight excluding hydrogens is 559 g/mol. The van der Waals surface area contributed by atoms with Crippen LogP contribution < -0.4 is 10.1 Å². The number of nitrogens with one attached hydrogen (secondary N) is 1. The highest BCUT2D eigenvalue weighted by atomic mass is 19.2. The maximum Gasteiger partial charge on any atom is 0.194 e. The van der Waals surface area contributed by atoms with Gasteiger partial charge in [-0.1, -0.05) is 0 Å². The Hall–Kier alpha value is -2.76. The number of fused-ring (bicyclic) bond motifs is 1. The Morgan fingerprint density at radius 3 is 2.47 bits per heavy atom. The molecule has 0 bridgehead atoms. The van der Waals surface area contributed by atoms with E-state index in [0.29, 0.717) is 63.2 Å². The number of aryl methyl sites for hydroxylation is 1. The highest BCUT2D eigenvalue weighted by molar-refractivity contribution is 5.85. The second-order valence-electron chi connectivity index (χ2n) is 11.9. The van der Waals surface area contributed by atoms with E-state index < -0.39 is 35.1 Å². The fraction of sp³-hybridized carbons (Fsp3) is 0.545. The summed E-state index contributed by atoms with van der Waals surface area (Å²) < 4.78 is 51.7. The Balaban J connectivity index is 1.33. The summed E-state index contributed by atoms with van der Waals surface area (Å²) in [5.41, 5.74) is 2.55. The molecule has 7 nitrogen and oxygen atoms in total. The first-order chi connectivity index (χ1) is 20.8. The highest BCUT2D eigenvalue weighted by Gasteiger charge is 2.39. The summed E-state index contributed by atoms with van der Waals surface area (Å²) in [5.74, 6) is -3.18. The second-order valence-corrected chi connectivity index (χ2v) is 11.9. The van der Waals surface area contributed by atoms with Crippen LogP contribution in [0.15, 0.2) is 36.5 Å². The van der Waals surface area contributed by atoms with Crippen molar-refractivity contribution >= 4 is 10.9 Å². The monoisotopic (exact) mass is 601 g/mol. The number of piperidine rings is 1. The fourth-order valence-corrected chi connectivity index (χ4v) is 6.68. The number of nitrogens with zero attached hydrogens (tertiary/aromatic N) is 2. The van der Waals surface area contributed by atoms with E-state index in [9.17, 15) is 23.4 Å². The van der Waals surface area contributed by atoms with Crippen LogP contribution >= 0.6 is 0 Å². The molecular formula is C33H42F3N3O4. The molecule has 0 amide bonds. The highest BCUT2D eigenvalue weighted by Crippen LogP contribution is 2.42. The first-order valence-electron chi connectivity index (χ1n) is 15.3. The number of ether oxygens (including phenoxy) is 2. The first-order valence-corrected chi connectivity index (χ1v) is 15.3. The predicted octanol–water partition coefficient (Wildman–Crippen LogP) is 5.06. The molecule has 1 aromatic heterocycles. The summed E-state index contributed by atoms with van der Waals surface area (Å²) in [6.45, 7) is 5.14. The lowest BCUT2D eigenvalue weighted by molar-refractivity contribution is -0.0210. The molecule has 0 saturated carbocycles. The molecule has 2 atom stereocenters. The van der Waals surface area contributed by atoms with Gasteiger partial charge in [-0.3, -0.25) is 9.88 Å². The largest absolute Gasteiger partial charge is 0.497 e. The number of benzene rings is 2. The standard InChI is InChI=1S/C33H42F3N3O4/c1-42-24-5-6-28-25(19-24)31(23(20-38-28)21-39-13-15-43-16-14-39)29(40)7-8-33(9-11-37-12-10-33)30(41)4-2-3-22-17-26(34)32(36)27(35)18-22/h5-6,17-20,29-30,37,40-41H,2-4,7-16,21H2,1H3/t29-,30+/m1/s1. The fourth-order valence-electron chi connectivity index (χ4n) is 6.68. The zero-order valence-corrected chi connectivity index (χ0v) is 24.8. The van der Waals surface area contributed by atoms with Crippen molar-refractivity contribution in [1.29, 1.82) is 0 Å². The SMILES string of the molecule is COc1ccc2ncc(CN3CCOCC3)c([C@H](O)CCC3([C@@H](O)CCCc4cc(F)c(F)c(F)c4)CCNCC3)c2c1. The van der Waals surface area contributed by atoms with Crippen molar-refractivity contribution in [3.63, 3.8) is 0 Å². The summed E-state index contributed by atoms with van der Waals surface area (Å²) in [6.07, 6.45) is 4.28. The van der Waals surface area contributed by atoms with Gasteiger partial charge < -0.3 is 25.0 Å². The van der Waals surface area contributed by atoms with Gasteiger partial charge in [-0.05, 0) is 110 Å². The Kier molecular flexibility index (Phi) is 10.6. The van der Waals surface area contributed by atoms with Gasteiger partial charge in [0.2, 0.25) is 0 Å². The van der Waals surface area contributed by atoms with E-state index in [1.165, 1.54) is 0 Å². The molecule has 10 heteroatoms. The Labute approximate surface area is 251 Å². The third-order valence-electron chi connectivity index (χ3n) is 9.24. The molecule has 5 rings (SSSR count). The molecule has 3 heterocycles. The third kappa shape index (κ3) is 7.49. The number of aliphatic hydroxyl groups is 2. The zero-order chi connectivity index (χ0) is 30.4. The van der Waals surface area contributed by atoms with Crippen molar-refractivity contribution in [3.05, 3.63) is 70.7 Å². The van der Waals surface area contributed by atoms with Crippen LogP contribution in [0.1, 0.15) is 61.3 Å². The maximum absolute atomic E-state index is 13.7. The molecule has 3 aromatic rings. The van der Waals surface area contributed by atoms with Crippen LogP contribution in [0, 0.1) is 22.9 Å². The average molecular weight is 602 g/mol. The van der Waals surface area contributed by atoms with E-state index in [0.717, 1.165) is 73.2 Å². The molecule has 3 N–H and O–H groups in total. The number of rotatable bonds is 12. The van der Waals surface area contributed by atoms with Crippen molar-refractivity contribution in [2.75, 3.05) is 46.5 Å². The van der Waals surface area contributed by atoms with Crippen LogP contribution in [0.4, 0.5) is 13.2 Å². The van der Waals surface area contributed by atoms with Gasteiger partial charge in [0.25, 0.3) is 0 Å². The van der Waals surface area contributed by atoms with Crippen molar-refractivity contribution in [2.24, 2.45) is 5.41 Å². The topological polar surface area (TPSA) is 87.1 Å². The Bertz CT molecular complexity index is 1360. The lowest BCUT2D eigenvalue weighted by atomic mass is 9.69. The quantitative estimate of drug-likeness (QED) is 0.250. The molecule has 0 unspecified atom stereocenters. The van der Waals surface area contributed by atoms with Gasteiger partial charge >= 0.3 is 0 Å². The Morgan fingerprint density at radius 2 is 1.77 bits per heavy atom. The molecule has 0 radical (unpaired) electrons. The smallest absolute Gasteiger partial charge is 0.194 e. The van der Waals surface area contributed by atoms with Gasteiger partial charge in [-0.25, -0.2) is 13.2 Å². The number of aromatic nitrogens is 1. The third-order valence-corrected chi connectivity index (χ3v) is 9.24. The molecule has 0 spiro atoms. The Morgan fingerprint density at radius 1 is 1.05 bits per heavy atom. The minimum atomic E-state index is -1.47. The average Bonchev–Trinajstić information content (AvgIpc) is 3.03. The van der Waals surface area contributed by atoms with E-state index in [4.69, 9.17) is 14.5 Å². The first kappa shape index (κ1) is 31.7. The van der Waals surface area contributed by atoms with Gasteiger partial charge in [0, 0.05) is 31.2 Å². The lowest BCUT2D eigenvalue weighted by Crippen LogP contribution is -2.44. The van der Waals surface area contributed by atoms with Crippen LogP contribution in [0.25, 0.3) is 10.9 Å². The molecule has 234 valence electrons. The van der Waals surface area contributed by atoms with Gasteiger partial charge in [-0.15, -0.1) is 0 Å². The molecule has 43 heavy (non-hydrogen) atoms. The van der Waals surface area contributed by atoms with Crippen LogP contribution in [0.3, 0.4) is 0 Å². The van der Waals surface area contributed by atoms with E-state index in [1.54, 1.807) is 7.11 Å². The number of halogens is 3. The van der Waals surface area contributed by atoms with Crippen molar-refractivity contribution in [1.82, 2.24) is 15.2 Å². The van der Waals surface area contributed by atoms with Crippen LogP contribution in [0.5, 0.6) is 5.75 Å². The molecule has 2 aliphatic rings. The van der Waals surface area contributed by atoms with E-state index in [1.807, 2.05) is 24.4 Å². The summed E-state index contributed by atoms with van der Waals surface area (Å²) in [7, 11) is 1.62. The molecule has 2 aromatic carbocycles. The normalized spacial score (nSPS) is 18.9. The number of hydrogen-bond acceptors (Lipinski definition) is 7. The van der Waals surface area contributed by atoms with E-state index in [-0.39, 0.29) is 0 Å². The number of hydrogen-bond donors (Lipinski definition) is 3. The number of morpholine rings is 1. The predicted molar refractivity (Wildman–Crippen MR) is 158 cm³/mol. The molecule has 2 fully saturated rings. The number of aliphatic hydroxyl groups excluding tert-OH is 2. The van der Waals surface area contributed by atoms with Gasteiger partial charge in [-0.2, -0.15) is 0 Å². The van der Waals surface area contributed by atoms with Crippen molar-refractivity contribution in [2.45, 2.75) is 63.7 Å². The minimum absolute atomic E-state index is 0.331. The lowest BCUT2D eigenvalue weighted by Gasteiger charge is -2.42. The number of pyridine rings is 1. The summed E-state index contributed by atoms with van der Waals surface area (Å²) in [4.78, 5) is 7.00. The maximum atomic E-state index is 13.7. The number of methoxy groups -OCH3 is 1. The molecule has 2 aliphatic heterocycles. The summed E-state index contributed by atoms with van der Waals surface area (Å²) in [6, 6.07) is 7.73. The van der Waals surface area contributed by atoms with Crippen LogP contribution in [0.2, 0.25) is 0 Å². The van der Waals surface area contributed by atoms with Gasteiger partial charge in [0.1, 0.15) is 5.75 Å². The van der Waals surface area contributed by atoms with Gasteiger partial charge in [0.15, 0.2) is 17.5 Å². The molecule has 0 aliphatic carbocycles. The van der Waals surface area contributed by atoms with Crippen molar-refractivity contribution in [3.8, 4) is 5.75 Å². The van der Waals surface area contributed by atoms with Crippen LogP contribution in [-0.2, 0) is 17.7 Å². The van der Waals surface area contributed by atoms with Crippen LogP contribution in [-0.4, -0.2) is 72.7 Å². The van der Waals surface area contributed by atoms with Gasteiger partial charge in [0.05, 0.1) is 38.0 Å². The summed E-state index contributed by atoms with van der Waals surface area (Å²) in [5, 5.41) is 27.5. The summed E-state index contributed by atoms with van der Waals surface area (Å²) >= 11 is 0.